The number of benzene rings is 2. The summed E-state index contributed by atoms with van der Waals surface area (Å²) < 4.78 is 18.2. The number of halogens is 1. The van der Waals surface area contributed by atoms with Crippen molar-refractivity contribution in [3.63, 3.8) is 0 Å². The van der Waals surface area contributed by atoms with E-state index in [-0.39, 0.29) is 6.61 Å². The number of unbranched alkanes of at least 4 members (excludes halogenated alkanes) is 2. The highest BCUT2D eigenvalue weighted by Crippen LogP contribution is 2.23. The summed E-state index contributed by atoms with van der Waals surface area (Å²) in [5.74, 6) is 1.38. The topological polar surface area (TPSA) is 35.0 Å². The molecule has 2 aromatic carbocycles. The zero-order chi connectivity index (χ0) is 19.8. The fraction of sp³-hybridized carbons (Fsp3) is 0.333. The van der Waals surface area contributed by atoms with Gasteiger partial charge in [0.15, 0.2) is 5.82 Å². The van der Waals surface area contributed by atoms with Gasteiger partial charge in [-0.2, -0.15) is 0 Å². The highest BCUT2D eigenvalue weighted by atomic mass is 19.1. The molecule has 0 spiro atoms. The van der Waals surface area contributed by atoms with Crippen molar-refractivity contribution in [2.45, 2.75) is 45.7 Å². The highest BCUT2D eigenvalue weighted by Gasteiger charge is 2.05. The van der Waals surface area contributed by atoms with Crippen LogP contribution in [0.25, 0.3) is 22.5 Å². The van der Waals surface area contributed by atoms with Crippen LogP contribution in [0.4, 0.5) is 4.39 Å². The smallest absolute Gasteiger partial charge is 0.159 e. The largest absolute Gasteiger partial charge is 0.491 e. The number of ether oxygens (including phenoxy) is 1. The lowest BCUT2D eigenvalue weighted by atomic mass is 10.0. The first-order valence-electron chi connectivity index (χ1n) is 9.94. The Bertz CT molecular complexity index is 843. The van der Waals surface area contributed by atoms with E-state index in [1.165, 1.54) is 31.7 Å². The van der Waals surface area contributed by atoms with E-state index in [0.717, 1.165) is 28.9 Å². The molecule has 0 saturated heterocycles. The molecule has 0 bridgehead atoms. The van der Waals surface area contributed by atoms with E-state index in [4.69, 9.17) is 4.74 Å². The molecule has 0 aliphatic heterocycles. The van der Waals surface area contributed by atoms with Gasteiger partial charge >= 0.3 is 0 Å². The summed E-state index contributed by atoms with van der Waals surface area (Å²) in [6.07, 6.45) is 7.55. The van der Waals surface area contributed by atoms with Gasteiger partial charge in [-0.1, -0.05) is 56.2 Å². The minimum Gasteiger partial charge on any atom is -0.491 e. The Kier molecular flexibility index (Phi) is 7.12. The second kappa shape index (κ2) is 9.98. The first-order chi connectivity index (χ1) is 13.7. The third-order valence-electron chi connectivity index (χ3n) is 4.60. The second-order valence-corrected chi connectivity index (χ2v) is 7.07. The van der Waals surface area contributed by atoms with Gasteiger partial charge in [0.1, 0.15) is 18.5 Å². The van der Waals surface area contributed by atoms with Crippen LogP contribution in [0, 0.1) is 0 Å². The quantitative estimate of drug-likeness (QED) is 0.411. The van der Waals surface area contributed by atoms with Crippen LogP contribution in [0.1, 0.15) is 38.7 Å². The molecule has 1 atom stereocenters. The van der Waals surface area contributed by atoms with Crippen molar-refractivity contribution in [1.82, 2.24) is 9.97 Å². The number of aryl methyl sites for hydroxylation is 1. The van der Waals surface area contributed by atoms with Crippen LogP contribution in [0.2, 0.25) is 0 Å². The molecule has 28 heavy (non-hydrogen) atoms. The standard InChI is InChI=1S/C24H27FN2O/c1-3-4-5-6-19-7-9-21(10-8-19)24-26-15-22(16-27-24)20-11-13-23(14-12-20)28-17-18(2)25/h7-16,18H,3-6,17H2,1-2H3. The summed E-state index contributed by atoms with van der Waals surface area (Å²) in [5, 5.41) is 0. The van der Waals surface area contributed by atoms with Crippen molar-refractivity contribution in [2.24, 2.45) is 0 Å². The normalized spacial score (nSPS) is 12.0. The summed E-state index contributed by atoms with van der Waals surface area (Å²) in [6, 6.07) is 16.1. The molecule has 0 saturated carbocycles. The van der Waals surface area contributed by atoms with Gasteiger partial charge in [0.25, 0.3) is 0 Å². The number of hydrogen-bond acceptors (Lipinski definition) is 3. The maximum Gasteiger partial charge on any atom is 0.159 e. The third-order valence-corrected chi connectivity index (χ3v) is 4.60. The van der Waals surface area contributed by atoms with Crippen LogP contribution in [0.15, 0.2) is 60.9 Å². The Labute approximate surface area is 166 Å². The molecule has 0 aliphatic carbocycles. The predicted molar refractivity (Wildman–Crippen MR) is 112 cm³/mol. The number of rotatable bonds is 9. The van der Waals surface area contributed by atoms with E-state index in [2.05, 4.69) is 41.2 Å². The molecule has 3 rings (SSSR count). The molecule has 0 amide bonds. The van der Waals surface area contributed by atoms with E-state index < -0.39 is 6.17 Å². The maximum absolute atomic E-state index is 12.9. The monoisotopic (exact) mass is 378 g/mol. The summed E-state index contributed by atoms with van der Waals surface area (Å²) in [7, 11) is 0. The third kappa shape index (κ3) is 5.62. The molecule has 1 unspecified atom stereocenters. The average molecular weight is 378 g/mol. The molecule has 146 valence electrons. The molecule has 0 fully saturated rings. The molecular weight excluding hydrogens is 351 g/mol. The van der Waals surface area contributed by atoms with Gasteiger partial charge in [-0.25, -0.2) is 14.4 Å². The van der Waals surface area contributed by atoms with Crippen LogP contribution >= 0.6 is 0 Å². The Morgan fingerprint density at radius 3 is 2.11 bits per heavy atom. The Morgan fingerprint density at radius 2 is 1.50 bits per heavy atom. The molecule has 3 aromatic rings. The predicted octanol–water partition coefficient (Wildman–Crippen LogP) is 6.28. The molecule has 1 aromatic heterocycles. The number of alkyl halides is 1. The summed E-state index contributed by atoms with van der Waals surface area (Å²) in [6.45, 7) is 3.77. The minimum atomic E-state index is -0.981. The van der Waals surface area contributed by atoms with E-state index >= 15 is 0 Å². The highest BCUT2D eigenvalue weighted by molar-refractivity contribution is 5.64. The van der Waals surface area contributed by atoms with Gasteiger partial charge < -0.3 is 4.74 Å². The van der Waals surface area contributed by atoms with Crippen LogP contribution in [-0.2, 0) is 6.42 Å². The Hall–Kier alpha value is -2.75. The van der Waals surface area contributed by atoms with E-state index in [9.17, 15) is 4.39 Å². The molecule has 0 N–H and O–H groups in total. The first-order valence-corrected chi connectivity index (χ1v) is 9.94. The minimum absolute atomic E-state index is 0.0640. The number of nitrogens with zero attached hydrogens (tertiary/aromatic N) is 2. The lowest BCUT2D eigenvalue weighted by Crippen LogP contribution is -2.08. The zero-order valence-corrected chi connectivity index (χ0v) is 16.6. The molecule has 4 heteroatoms. The lowest BCUT2D eigenvalue weighted by molar-refractivity contribution is 0.210. The second-order valence-electron chi connectivity index (χ2n) is 7.07. The van der Waals surface area contributed by atoms with Gasteiger partial charge in [0, 0.05) is 23.5 Å². The average Bonchev–Trinajstić information content (AvgIpc) is 2.73. The number of hydrogen-bond donors (Lipinski definition) is 0. The SMILES string of the molecule is CCCCCc1ccc(-c2ncc(-c3ccc(OCC(C)F)cc3)cn2)cc1. The van der Waals surface area contributed by atoms with Gasteiger partial charge in [0.05, 0.1) is 0 Å². The van der Waals surface area contributed by atoms with E-state index in [1.54, 1.807) is 0 Å². The van der Waals surface area contributed by atoms with E-state index in [0.29, 0.717) is 5.75 Å². The first kappa shape index (κ1) is 20.0. The summed E-state index contributed by atoms with van der Waals surface area (Å²) >= 11 is 0. The van der Waals surface area contributed by atoms with Crippen molar-refractivity contribution in [3.05, 3.63) is 66.5 Å². The summed E-state index contributed by atoms with van der Waals surface area (Å²) in [4.78, 5) is 9.04. The van der Waals surface area contributed by atoms with E-state index in [1.807, 2.05) is 36.7 Å². The number of aromatic nitrogens is 2. The lowest BCUT2D eigenvalue weighted by Gasteiger charge is -2.08. The Balaban J connectivity index is 1.64. The van der Waals surface area contributed by atoms with Crippen molar-refractivity contribution in [2.75, 3.05) is 6.61 Å². The van der Waals surface area contributed by atoms with Crippen molar-refractivity contribution in [3.8, 4) is 28.3 Å². The molecule has 0 aliphatic rings. The fourth-order valence-corrected chi connectivity index (χ4v) is 2.98. The van der Waals surface area contributed by atoms with Gasteiger partial charge in [-0.05, 0) is 43.0 Å². The van der Waals surface area contributed by atoms with Crippen molar-refractivity contribution in [1.29, 1.82) is 0 Å². The van der Waals surface area contributed by atoms with Gasteiger partial charge in [-0.3, -0.25) is 0 Å². The molecule has 0 radical (unpaired) electrons. The van der Waals surface area contributed by atoms with Gasteiger partial charge in [0.2, 0.25) is 0 Å². The van der Waals surface area contributed by atoms with Crippen LogP contribution in [0.3, 0.4) is 0 Å². The maximum atomic E-state index is 12.9. The van der Waals surface area contributed by atoms with Crippen LogP contribution < -0.4 is 4.74 Å². The fourth-order valence-electron chi connectivity index (χ4n) is 2.98. The summed E-state index contributed by atoms with van der Waals surface area (Å²) in [5.41, 5.74) is 4.32. The molecule has 3 nitrogen and oxygen atoms in total. The molecule has 1 heterocycles. The van der Waals surface area contributed by atoms with Crippen LogP contribution in [0.5, 0.6) is 5.75 Å². The van der Waals surface area contributed by atoms with Crippen LogP contribution in [-0.4, -0.2) is 22.7 Å². The zero-order valence-electron chi connectivity index (χ0n) is 16.6. The van der Waals surface area contributed by atoms with Gasteiger partial charge in [-0.15, -0.1) is 0 Å². The van der Waals surface area contributed by atoms with Crippen molar-refractivity contribution < 1.29 is 9.13 Å². The van der Waals surface area contributed by atoms with Crippen molar-refractivity contribution >= 4 is 0 Å². The Morgan fingerprint density at radius 1 is 0.857 bits per heavy atom. The molecular formula is C24H27FN2O.